The highest BCUT2D eigenvalue weighted by atomic mass is 79.9. The summed E-state index contributed by atoms with van der Waals surface area (Å²) in [6, 6.07) is 0. The predicted octanol–water partition coefficient (Wildman–Crippen LogP) is 3.75. The van der Waals surface area contributed by atoms with Crippen molar-refractivity contribution < 1.29 is 9.90 Å². The van der Waals surface area contributed by atoms with Gasteiger partial charge >= 0.3 is 5.97 Å². The van der Waals surface area contributed by atoms with E-state index in [0.29, 0.717) is 16.2 Å². The lowest BCUT2D eigenvalue weighted by molar-refractivity contribution is -0.149. The second kappa shape index (κ2) is 4.95. The molecular formula is C14H15BrClN3O2. The molecule has 2 aromatic rings. The van der Waals surface area contributed by atoms with Gasteiger partial charge < -0.3 is 5.11 Å². The second-order valence-corrected chi connectivity index (χ2v) is 6.96. The highest BCUT2D eigenvalue weighted by molar-refractivity contribution is 9.10. The molecule has 7 heteroatoms. The zero-order valence-electron chi connectivity index (χ0n) is 11.7. The van der Waals surface area contributed by atoms with Gasteiger partial charge in [-0.15, -0.1) is 0 Å². The molecule has 1 aliphatic rings. The van der Waals surface area contributed by atoms with Crippen LogP contribution < -0.4 is 0 Å². The van der Waals surface area contributed by atoms with Gasteiger partial charge in [-0.1, -0.05) is 18.5 Å². The molecule has 0 aromatic carbocycles. The minimum atomic E-state index is -0.739. The van der Waals surface area contributed by atoms with Crippen LogP contribution in [0.3, 0.4) is 0 Å². The largest absolute Gasteiger partial charge is 0.481 e. The van der Waals surface area contributed by atoms with Gasteiger partial charge in [0.25, 0.3) is 0 Å². The number of hydrogen-bond donors (Lipinski definition) is 1. The summed E-state index contributed by atoms with van der Waals surface area (Å²) in [6.45, 7) is 3.81. The monoisotopic (exact) mass is 371 g/mol. The molecule has 1 unspecified atom stereocenters. The number of aliphatic carboxylic acids is 1. The average molecular weight is 373 g/mol. The van der Waals surface area contributed by atoms with Crippen molar-refractivity contribution in [3.63, 3.8) is 0 Å². The standard InChI is InChI=1S/C14H15BrClN3O2/c1-7-8(3-4-14(7,2)13(20)21)12-18-10(15)9-11(16)17-5-6-19(9)12/h5-8H,3-4H2,1-2H3,(H,20,21)/t7?,8-,14+/m1/s1. The fourth-order valence-electron chi connectivity index (χ4n) is 3.28. The van der Waals surface area contributed by atoms with Crippen molar-refractivity contribution >= 4 is 39.0 Å². The highest BCUT2D eigenvalue weighted by Gasteiger charge is 2.49. The van der Waals surface area contributed by atoms with E-state index in [1.165, 1.54) is 0 Å². The molecule has 0 aliphatic heterocycles. The molecule has 1 aliphatic carbocycles. The van der Waals surface area contributed by atoms with Crippen LogP contribution in [0.5, 0.6) is 0 Å². The normalized spacial score (nSPS) is 29.1. The second-order valence-electron chi connectivity index (χ2n) is 5.85. The van der Waals surface area contributed by atoms with Crippen LogP contribution in [0.15, 0.2) is 17.0 Å². The lowest BCUT2D eigenvalue weighted by Gasteiger charge is -2.26. The van der Waals surface area contributed by atoms with E-state index in [4.69, 9.17) is 11.6 Å². The number of hydrogen-bond acceptors (Lipinski definition) is 3. The quantitative estimate of drug-likeness (QED) is 0.872. The molecule has 5 nitrogen and oxygen atoms in total. The summed E-state index contributed by atoms with van der Waals surface area (Å²) in [5.74, 6) is 0.193. The maximum Gasteiger partial charge on any atom is 0.309 e. The molecule has 3 rings (SSSR count). The summed E-state index contributed by atoms with van der Waals surface area (Å²) in [6.07, 6.45) is 4.90. The molecular weight excluding hydrogens is 358 g/mol. The van der Waals surface area contributed by atoms with Crippen molar-refractivity contribution in [1.29, 1.82) is 0 Å². The van der Waals surface area contributed by atoms with E-state index in [1.807, 2.05) is 24.4 Å². The van der Waals surface area contributed by atoms with Gasteiger partial charge in [0.15, 0.2) is 5.15 Å². The lowest BCUT2D eigenvalue weighted by Crippen LogP contribution is -2.31. The Bertz CT molecular complexity index is 732. The number of halogens is 2. The van der Waals surface area contributed by atoms with E-state index in [1.54, 1.807) is 6.20 Å². The SMILES string of the molecule is CC1[C@H](c2nc(Br)c3c(Cl)nccn23)CC[C@]1(C)C(=O)O. The topological polar surface area (TPSA) is 67.5 Å². The number of fused-ring (bicyclic) bond motifs is 1. The Labute approximate surface area is 135 Å². The molecule has 0 bridgehead atoms. The van der Waals surface area contributed by atoms with Gasteiger partial charge in [-0.3, -0.25) is 9.20 Å². The average Bonchev–Trinajstić information content (AvgIpc) is 2.91. The van der Waals surface area contributed by atoms with Crippen LogP contribution in [-0.4, -0.2) is 25.4 Å². The first-order valence-corrected chi connectivity index (χ1v) is 7.94. The van der Waals surface area contributed by atoms with Crippen molar-refractivity contribution in [2.24, 2.45) is 11.3 Å². The number of imidazole rings is 1. The summed E-state index contributed by atoms with van der Waals surface area (Å²) in [4.78, 5) is 20.2. The molecule has 1 N–H and O–H groups in total. The van der Waals surface area contributed by atoms with E-state index in [2.05, 4.69) is 25.9 Å². The van der Waals surface area contributed by atoms with Gasteiger partial charge in [-0.25, -0.2) is 9.97 Å². The maximum absolute atomic E-state index is 11.6. The van der Waals surface area contributed by atoms with Gasteiger partial charge in [0.05, 0.1) is 5.41 Å². The van der Waals surface area contributed by atoms with E-state index < -0.39 is 11.4 Å². The first kappa shape index (κ1) is 14.8. The van der Waals surface area contributed by atoms with Crippen LogP contribution in [0.25, 0.3) is 5.52 Å². The van der Waals surface area contributed by atoms with E-state index in [0.717, 1.165) is 17.8 Å². The van der Waals surface area contributed by atoms with Crippen molar-refractivity contribution in [3.8, 4) is 0 Å². The molecule has 0 saturated heterocycles. The van der Waals surface area contributed by atoms with Gasteiger partial charge in [-0.05, 0) is 41.6 Å². The van der Waals surface area contributed by atoms with E-state index >= 15 is 0 Å². The molecule has 2 heterocycles. The first-order chi connectivity index (χ1) is 9.86. The van der Waals surface area contributed by atoms with Crippen LogP contribution in [0.2, 0.25) is 5.15 Å². The molecule has 0 amide bonds. The number of carbonyl (C=O) groups is 1. The van der Waals surface area contributed by atoms with Crippen molar-refractivity contribution in [3.05, 3.63) is 28.0 Å². The van der Waals surface area contributed by atoms with E-state index in [-0.39, 0.29) is 11.8 Å². The zero-order chi connectivity index (χ0) is 15.4. The summed E-state index contributed by atoms with van der Waals surface area (Å²) in [7, 11) is 0. The van der Waals surface area contributed by atoms with Crippen molar-refractivity contribution in [1.82, 2.24) is 14.4 Å². The third-order valence-corrected chi connectivity index (χ3v) is 5.73. The molecule has 112 valence electrons. The van der Waals surface area contributed by atoms with Crippen LogP contribution in [0, 0.1) is 11.3 Å². The molecule has 3 atom stereocenters. The molecule has 0 radical (unpaired) electrons. The summed E-state index contributed by atoms with van der Waals surface area (Å²) in [5, 5.41) is 9.89. The molecule has 0 spiro atoms. The number of rotatable bonds is 2. The maximum atomic E-state index is 11.6. The van der Waals surface area contributed by atoms with Crippen LogP contribution in [0.1, 0.15) is 38.4 Å². The van der Waals surface area contributed by atoms with Crippen molar-refractivity contribution in [2.75, 3.05) is 0 Å². The van der Waals surface area contributed by atoms with Crippen LogP contribution in [-0.2, 0) is 4.79 Å². The van der Waals surface area contributed by atoms with Crippen molar-refractivity contribution in [2.45, 2.75) is 32.6 Å². The predicted molar refractivity (Wildman–Crippen MR) is 82.6 cm³/mol. The van der Waals surface area contributed by atoms with Crippen LogP contribution in [0.4, 0.5) is 0 Å². The minimum absolute atomic E-state index is 0.000518. The fraction of sp³-hybridized carbons (Fsp3) is 0.500. The Morgan fingerprint density at radius 3 is 2.95 bits per heavy atom. The Kier molecular flexibility index (Phi) is 3.48. The van der Waals surface area contributed by atoms with Gasteiger partial charge in [0.1, 0.15) is 15.9 Å². The third-order valence-electron chi connectivity index (χ3n) is 4.90. The Hall–Kier alpha value is -1.14. The van der Waals surface area contributed by atoms with Crippen LogP contribution >= 0.6 is 27.5 Å². The fourth-order valence-corrected chi connectivity index (χ4v) is 4.19. The molecule has 21 heavy (non-hydrogen) atoms. The summed E-state index contributed by atoms with van der Waals surface area (Å²) >= 11 is 9.55. The van der Waals surface area contributed by atoms with Gasteiger partial charge in [-0.2, -0.15) is 0 Å². The number of aromatic nitrogens is 3. The number of nitrogens with zero attached hydrogens (tertiary/aromatic N) is 3. The number of carboxylic acid groups (broad SMARTS) is 1. The molecule has 2 aromatic heterocycles. The minimum Gasteiger partial charge on any atom is -0.481 e. The summed E-state index contributed by atoms with van der Waals surface area (Å²) < 4.78 is 2.56. The number of carboxylic acids is 1. The zero-order valence-corrected chi connectivity index (χ0v) is 14.0. The first-order valence-electron chi connectivity index (χ1n) is 6.77. The Morgan fingerprint density at radius 1 is 1.62 bits per heavy atom. The van der Waals surface area contributed by atoms with Gasteiger partial charge in [0, 0.05) is 18.3 Å². The lowest BCUT2D eigenvalue weighted by atomic mass is 9.78. The molecule has 1 saturated carbocycles. The Balaban J connectivity index is 2.11. The highest BCUT2D eigenvalue weighted by Crippen LogP contribution is 2.51. The van der Waals surface area contributed by atoms with Gasteiger partial charge in [0.2, 0.25) is 0 Å². The Morgan fingerprint density at radius 2 is 2.33 bits per heavy atom. The smallest absolute Gasteiger partial charge is 0.309 e. The van der Waals surface area contributed by atoms with E-state index in [9.17, 15) is 9.90 Å². The third kappa shape index (κ3) is 2.07. The summed E-state index contributed by atoms with van der Waals surface area (Å²) in [5.41, 5.74) is 0.0186. The molecule has 1 fully saturated rings.